The highest BCUT2D eigenvalue weighted by atomic mass is 35.5. The van der Waals surface area contributed by atoms with Gasteiger partial charge in [0.05, 0.1) is 0 Å². The summed E-state index contributed by atoms with van der Waals surface area (Å²) in [4.78, 5) is 11.8. The lowest BCUT2D eigenvalue weighted by Crippen LogP contribution is -2.41. The summed E-state index contributed by atoms with van der Waals surface area (Å²) < 4.78 is 0. The van der Waals surface area contributed by atoms with Gasteiger partial charge in [0.15, 0.2) is 0 Å². The van der Waals surface area contributed by atoms with Crippen molar-refractivity contribution < 1.29 is 4.79 Å². The van der Waals surface area contributed by atoms with E-state index in [-0.39, 0.29) is 24.2 Å². The third-order valence-corrected chi connectivity index (χ3v) is 4.15. The highest BCUT2D eigenvalue weighted by Crippen LogP contribution is 2.32. The number of nitrogens with one attached hydrogen (secondary N) is 1. The predicted molar refractivity (Wildman–Crippen MR) is 85.0 cm³/mol. The Hall–Kier alpha value is -1.06. The van der Waals surface area contributed by atoms with Crippen molar-refractivity contribution in [2.45, 2.75) is 44.6 Å². The molecule has 0 aliphatic heterocycles. The van der Waals surface area contributed by atoms with Gasteiger partial charge in [-0.3, -0.25) is 4.79 Å². The van der Waals surface area contributed by atoms with E-state index in [1.54, 1.807) is 0 Å². The fourth-order valence-electron chi connectivity index (χ4n) is 2.75. The van der Waals surface area contributed by atoms with Gasteiger partial charge in [0.1, 0.15) is 0 Å². The molecule has 3 nitrogen and oxygen atoms in total. The Morgan fingerprint density at radius 3 is 2.40 bits per heavy atom. The number of hydrogen-bond acceptors (Lipinski definition) is 2. The summed E-state index contributed by atoms with van der Waals surface area (Å²) in [6.45, 7) is 2.30. The first-order valence-electron chi connectivity index (χ1n) is 7.26. The summed E-state index contributed by atoms with van der Waals surface area (Å²) >= 11 is 0. The van der Waals surface area contributed by atoms with E-state index in [1.807, 2.05) is 6.92 Å². The lowest BCUT2D eigenvalue weighted by atomic mass is 9.81. The third kappa shape index (κ3) is 4.50. The molecule has 1 aliphatic rings. The second-order valence-electron chi connectivity index (χ2n) is 5.60. The minimum atomic E-state index is -0.0770. The molecular weight excluding hydrogens is 272 g/mol. The molecule has 0 radical (unpaired) electrons. The average molecular weight is 297 g/mol. The van der Waals surface area contributed by atoms with Crippen LogP contribution in [0.3, 0.4) is 0 Å². The van der Waals surface area contributed by atoms with Crippen molar-refractivity contribution in [2.75, 3.05) is 6.54 Å². The zero-order valence-corrected chi connectivity index (χ0v) is 12.9. The van der Waals surface area contributed by atoms with Crippen LogP contribution in [-0.4, -0.2) is 18.5 Å². The Balaban J connectivity index is 0.00000200. The molecule has 0 saturated heterocycles. The van der Waals surface area contributed by atoms with Gasteiger partial charge in [-0.2, -0.15) is 0 Å². The third-order valence-electron chi connectivity index (χ3n) is 4.15. The minimum absolute atomic E-state index is 0. The molecule has 1 unspecified atom stereocenters. The van der Waals surface area contributed by atoms with Gasteiger partial charge in [0.25, 0.3) is 0 Å². The van der Waals surface area contributed by atoms with Crippen LogP contribution in [-0.2, 0) is 4.79 Å². The summed E-state index contributed by atoms with van der Waals surface area (Å²) in [5.74, 6) is 0.679. The molecule has 0 aromatic heterocycles. The molecule has 112 valence electrons. The van der Waals surface area contributed by atoms with Crippen LogP contribution in [0.1, 0.15) is 44.1 Å². The van der Waals surface area contributed by atoms with Crippen molar-refractivity contribution in [3.8, 4) is 0 Å². The second-order valence-corrected chi connectivity index (χ2v) is 5.60. The number of carbonyl (C=O) groups is 1. The van der Waals surface area contributed by atoms with Crippen LogP contribution in [0.2, 0.25) is 0 Å². The molecule has 20 heavy (non-hydrogen) atoms. The maximum Gasteiger partial charge on any atom is 0.224 e. The van der Waals surface area contributed by atoms with Gasteiger partial charge in [-0.25, -0.2) is 0 Å². The zero-order chi connectivity index (χ0) is 13.7. The number of rotatable bonds is 4. The summed E-state index contributed by atoms with van der Waals surface area (Å²) in [6, 6.07) is 11.0. The highest BCUT2D eigenvalue weighted by molar-refractivity contribution is 5.85. The lowest BCUT2D eigenvalue weighted by molar-refractivity contribution is -0.125. The highest BCUT2D eigenvalue weighted by Gasteiger charge is 2.24. The predicted octanol–water partition coefficient (Wildman–Crippen LogP) is 2.85. The molecule has 1 atom stereocenters. The fourth-order valence-corrected chi connectivity index (χ4v) is 2.75. The van der Waals surface area contributed by atoms with Gasteiger partial charge < -0.3 is 11.1 Å². The standard InChI is InChI=1S/C16H24N2O.ClH/c1-12(11-17)16(19)18-15-9-7-14(8-10-15)13-5-3-2-4-6-13;/h2-6,12,14-15H,7-11,17H2,1H3,(H,18,19);1H. The maximum absolute atomic E-state index is 11.8. The Morgan fingerprint density at radius 1 is 1.25 bits per heavy atom. The van der Waals surface area contributed by atoms with Crippen LogP contribution < -0.4 is 11.1 Å². The molecule has 3 N–H and O–H groups in total. The molecule has 0 spiro atoms. The molecule has 1 amide bonds. The Morgan fingerprint density at radius 2 is 1.85 bits per heavy atom. The normalized spacial score (nSPS) is 23.5. The molecule has 2 rings (SSSR count). The topological polar surface area (TPSA) is 55.1 Å². The van der Waals surface area contributed by atoms with Gasteiger partial charge in [0, 0.05) is 18.5 Å². The number of benzene rings is 1. The number of carbonyl (C=O) groups excluding carboxylic acids is 1. The second kappa shape index (κ2) is 8.28. The van der Waals surface area contributed by atoms with Crippen LogP contribution >= 0.6 is 12.4 Å². The van der Waals surface area contributed by atoms with Crippen LogP contribution in [0.15, 0.2) is 30.3 Å². The molecular formula is C16H25ClN2O. The van der Waals surface area contributed by atoms with Crippen molar-refractivity contribution in [1.82, 2.24) is 5.32 Å². The van der Waals surface area contributed by atoms with Crippen LogP contribution in [0.4, 0.5) is 0 Å². The first-order valence-corrected chi connectivity index (χ1v) is 7.26. The molecule has 1 aliphatic carbocycles. The average Bonchev–Trinajstić information content (AvgIpc) is 2.48. The van der Waals surface area contributed by atoms with Gasteiger partial charge >= 0.3 is 0 Å². The Kier molecular flexibility index (Phi) is 7.03. The summed E-state index contributed by atoms with van der Waals surface area (Å²) in [6.07, 6.45) is 4.46. The Bertz CT molecular complexity index is 402. The minimum Gasteiger partial charge on any atom is -0.353 e. The first kappa shape index (κ1) is 17.0. The molecule has 1 fully saturated rings. The van der Waals surface area contributed by atoms with Crippen molar-refractivity contribution in [1.29, 1.82) is 0 Å². The lowest BCUT2D eigenvalue weighted by Gasteiger charge is -2.30. The monoisotopic (exact) mass is 296 g/mol. The number of amides is 1. The van der Waals surface area contributed by atoms with Gasteiger partial charge in [-0.15, -0.1) is 12.4 Å². The van der Waals surface area contributed by atoms with E-state index in [0.717, 1.165) is 25.7 Å². The number of halogens is 1. The van der Waals surface area contributed by atoms with Crippen LogP contribution in [0, 0.1) is 5.92 Å². The zero-order valence-electron chi connectivity index (χ0n) is 12.0. The van der Waals surface area contributed by atoms with Crippen LogP contribution in [0.5, 0.6) is 0 Å². The van der Waals surface area contributed by atoms with E-state index in [4.69, 9.17) is 5.73 Å². The summed E-state index contributed by atoms with van der Waals surface area (Å²) in [5.41, 5.74) is 6.95. The summed E-state index contributed by atoms with van der Waals surface area (Å²) in [5, 5.41) is 3.12. The van der Waals surface area contributed by atoms with Gasteiger partial charge in [-0.1, -0.05) is 37.3 Å². The molecule has 0 bridgehead atoms. The SMILES string of the molecule is CC(CN)C(=O)NC1CCC(c2ccccc2)CC1.Cl. The molecule has 1 saturated carbocycles. The number of hydrogen-bond donors (Lipinski definition) is 2. The largest absolute Gasteiger partial charge is 0.353 e. The van der Waals surface area contributed by atoms with Crippen molar-refractivity contribution in [3.63, 3.8) is 0 Å². The number of nitrogens with two attached hydrogens (primary N) is 1. The van der Waals surface area contributed by atoms with Crippen molar-refractivity contribution >= 4 is 18.3 Å². The Labute approximate surface area is 127 Å². The van der Waals surface area contributed by atoms with E-state index in [2.05, 4.69) is 35.6 Å². The molecule has 1 aromatic rings. The van der Waals surface area contributed by atoms with Gasteiger partial charge in [-0.05, 0) is 37.2 Å². The summed E-state index contributed by atoms with van der Waals surface area (Å²) in [7, 11) is 0. The van der Waals surface area contributed by atoms with E-state index in [9.17, 15) is 4.79 Å². The van der Waals surface area contributed by atoms with Gasteiger partial charge in [0.2, 0.25) is 5.91 Å². The molecule has 1 aromatic carbocycles. The van der Waals surface area contributed by atoms with E-state index < -0.39 is 0 Å². The maximum atomic E-state index is 11.8. The van der Waals surface area contributed by atoms with Crippen molar-refractivity contribution in [2.24, 2.45) is 11.7 Å². The van der Waals surface area contributed by atoms with Crippen molar-refractivity contribution in [3.05, 3.63) is 35.9 Å². The van der Waals surface area contributed by atoms with E-state index >= 15 is 0 Å². The van der Waals surface area contributed by atoms with E-state index in [1.165, 1.54) is 5.56 Å². The first-order chi connectivity index (χ1) is 9.20. The van der Waals surface area contributed by atoms with E-state index in [0.29, 0.717) is 18.5 Å². The molecule has 0 heterocycles. The fraction of sp³-hybridized carbons (Fsp3) is 0.562. The van der Waals surface area contributed by atoms with Crippen LogP contribution in [0.25, 0.3) is 0 Å². The molecule has 4 heteroatoms. The smallest absolute Gasteiger partial charge is 0.224 e. The quantitative estimate of drug-likeness (QED) is 0.897.